The molecule has 3 heterocycles. The number of ketones is 1. The fourth-order valence-electron chi connectivity index (χ4n) is 1.97. The molecule has 0 atom stereocenters. The molecule has 23 heavy (non-hydrogen) atoms. The van der Waals surface area contributed by atoms with E-state index in [0.717, 1.165) is 11.6 Å². The maximum atomic E-state index is 12.2. The quantitative estimate of drug-likeness (QED) is 0.423. The van der Waals surface area contributed by atoms with Crippen LogP contribution in [0.4, 0.5) is 0 Å². The normalized spacial score (nSPS) is 11.6. The number of hydrogen-bond donors (Lipinski definition) is 2. The molecule has 0 saturated carbocycles. The highest BCUT2D eigenvalue weighted by molar-refractivity contribution is 6.33. The van der Waals surface area contributed by atoms with Crippen LogP contribution in [0.2, 0.25) is 5.22 Å². The van der Waals surface area contributed by atoms with Gasteiger partial charge in [0.1, 0.15) is 12.1 Å². The van der Waals surface area contributed by atoms with Gasteiger partial charge >= 0.3 is 0 Å². The number of halogens is 1. The van der Waals surface area contributed by atoms with E-state index in [9.17, 15) is 9.90 Å². The first-order valence-corrected chi connectivity index (χ1v) is 6.99. The minimum Gasteiger partial charge on any atom is -0.504 e. The average Bonchev–Trinajstić information content (AvgIpc) is 3.18. The van der Waals surface area contributed by atoms with Gasteiger partial charge in [0.05, 0.1) is 5.56 Å². The van der Waals surface area contributed by atoms with E-state index < -0.39 is 5.78 Å². The molecule has 3 aromatic rings. The van der Waals surface area contributed by atoms with E-state index in [0.29, 0.717) is 12.2 Å². The Bertz CT molecular complexity index is 841. The monoisotopic (exact) mass is 330 g/mol. The first-order chi connectivity index (χ1) is 11.1. The van der Waals surface area contributed by atoms with Gasteiger partial charge in [0.25, 0.3) is 0 Å². The fourth-order valence-corrected chi connectivity index (χ4v) is 2.22. The highest BCUT2D eigenvalue weighted by Crippen LogP contribution is 2.24. The number of aliphatic hydroxyl groups excluding tert-OH is 1. The van der Waals surface area contributed by atoms with Crippen LogP contribution < -0.4 is 0 Å². The van der Waals surface area contributed by atoms with Gasteiger partial charge in [-0.05, 0) is 35.4 Å². The third-order valence-electron chi connectivity index (χ3n) is 3.04. The Morgan fingerprint density at radius 2 is 2.17 bits per heavy atom. The number of rotatable bonds is 5. The second kappa shape index (κ2) is 6.45. The van der Waals surface area contributed by atoms with E-state index in [2.05, 4.69) is 20.2 Å². The number of aromatic nitrogens is 4. The standard InChI is InChI=1S/C15H11ClN4O3/c16-14-11(12(21)7-13(22)15-18-8-19-20-15)6-10(23-14)5-9-1-3-17-4-2-9/h1-4,6-8,22H,5H2,(H,18,19,20). The second-order valence-corrected chi connectivity index (χ2v) is 4.99. The zero-order valence-corrected chi connectivity index (χ0v) is 12.5. The third kappa shape index (κ3) is 3.46. The van der Waals surface area contributed by atoms with Crippen LogP contribution in [-0.2, 0) is 6.42 Å². The summed E-state index contributed by atoms with van der Waals surface area (Å²) in [6, 6.07) is 5.23. The molecule has 3 aromatic heterocycles. The summed E-state index contributed by atoms with van der Waals surface area (Å²) in [4.78, 5) is 19.9. The Kier molecular flexibility index (Phi) is 4.20. The minimum atomic E-state index is -0.498. The van der Waals surface area contributed by atoms with Crippen molar-refractivity contribution in [1.82, 2.24) is 20.2 Å². The predicted molar refractivity (Wildman–Crippen MR) is 82.1 cm³/mol. The molecular weight excluding hydrogens is 320 g/mol. The number of carbonyl (C=O) groups is 1. The molecule has 8 heteroatoms. The molecular formula is C15H11ClN4O3. The Hall–Kier alpha value is -2.93. The highest BCUT2D eigenvalue weighted by atomic mass is 35.5. The van der Waals surface area contributed by atoms with Crippen molar-refractivity contribution in [1.29, 1.82) is 0 Å². The SMILES string of the molecule is O=C(C=C(O)c1nc[nH]n1)c1cc(Cc2ccncc2)oc1Cl. The van der Waals surface area contributed by atoms with Crippen LogP contribution in [0, 0.1) is 0 Å². The van der Waals surface area contributed by atoms with Crippen LogP contribution in [0.25, 0.3) is 5.76 Å². The van der Waals surface area contributed by atoms with Crippen LogP contribution >= 0.6 is 11.6 Å². The van der Waals surface area contributed by atoms with E-state index >= 15 is 0 Å². The second-order valence-electron chi connectivity index (χ2n) is 4.65. The Morgan fingerprint density at radius 1 is 1.39 bits per heavy atom. The largest absolute Gasteiger partial charge is 0.504 e. The molecule has 0 radical (unpaired) electrons. The van der Waals surface area contributed by atoms with Gasteiger partial charge in [0, 0.05) is 24.9 Å². The van der Waals surface area contributed by atoms with E-state index in [1.807, 2.05) is 12.1 Å². The summed E-state index contributed by atoms with van der Waals surface area (Å²) in [5.74, 6) is -0.295. The topological polar surface area (TPSA) is 105 Å². The molecule has 0 aliphatic carbocycles. The van der Waals surface area contributed by atoms with Crippen LogP contribution in [-0.4, -0.2) is 31.1 Å². The van der Waals surface area contributed by atoms with E-state index in [1.165, 1.54) is 6.33 Å². The fraction of sp³-hybridized carbons (Fsp3) is 0.0667. The molecule has 2 N–H and O–H groups in total. The Balaban J connectivity index is 1.80. The van der Waals surface area contributed by atoms with Crippen LogP contribution in [0.1, 0.15) is 27.5 Å². The van der Waals surface area contributed by atoms with Gasteiger partial charge in [0.15, 0.2) is 11.5 Å². The molecule has 0 bridgehead atoms. The molecule has 0 unspecified atom stereocenters. The van der Waals surface area contributed by atoms with Crippen LogP contribution in [0.3, 0.4) is 0 Å². The third-order valence-corrected chi connectivity index (χ3v) is 3.32. The lowest BCUT2D eigenvalue weighted by Crippen LogP contribution is -1.97. The predicted octanol–water partition coefficient (Wildman–Crippen LogP) is 2.82. The van der Waals surface area contributed by atoms with Gasteiger partial charge < -0.3 is 9.52 Å². The zero-order chi connectivity index (χ0) is 16.2. The number of nitrogens with one attached hydrogen (secondary N) is 1. The summed E-state index contributed by atoms with van der Waals surface area (Å²) in [5, 5.41) is 15.9. The number of aromatic amines is 1. The van der Waals surface area contributed by atoms with Crippen LogP contribution in [0.5, 0.6) is 0 Å². The molecule has 0 amide bonds. The zero-order valence-electron chi connectivity index (χ0n) is 11.7. The summed E-state index contributed by atoms with van der Waals surface area (Å²) < 4.78 is 5.39. The van der Waals surface area contributed by atoms with Crippen molar-refractivity contribution < 1.29 is 14.3 Å². The van der Waals surface area contributed by atoms with Crippen molar-refractivity contribution >= 4 is 23.1 Å². The lowest BCUT2D eigenvalue weighted by Gasteiger charge is -1.95. The van der Waals surface area contributed by atoms with Crippen molar-refractivity contribution in [3.63, 3.8) is 0 Å². The Labute approximate surface area is 135 Å². The summed E-state index contributed by atoms with van der Waals surface area (Å²) in [5.41, 5.74) is 1.14. The number of aliphatic hydroxyl groups is 1. The number of allylic oxidation sites excluding steroid dienone is 1. The molecule has 0 saturated heterocycles. The summed E-state index contributed by atoms with van der Waals surface area (Å²) >= 11 is 5.97. The summed E-state index contributed by atoms with van der Waals surface area (Å²) in [7, 11) is 0. The molecule has 116 valence electrons. The number of H-pyrrole nitrogens is 1. The van der Waals surface area contributed by atoms with Gasteiger partial charge in [-0.1, -0.05) is 0 Å². The molecule has 0 fully saturated rings. The van der Waals surface area contributed by atoms with Crippen molar-refractivity contribution in [2.24, 2.45) is 0 Å². The minimum absolute atomic E-state index is 0.0231. The van der Waals surface area contributed by atoms with E-state index in [1.54, 1.807) is 18.5 Å². The molecule has 3 rings (SSSR count). The van der Waals surface area contributed by atoms with Gasteiger partial charge in [-0.15, -0.1) is 0 Å². The summed E-state index contributed by atoms with van der Waals surface area (Å²) in [6.07, 6.45) is 6.11. The van der Waals surface area contributed by atoms with Crippen molar-refractivity contribution in [2.75, 3.05) is 0 Å². The number of nitrogens with zero attached hydrogens (tertiary/aromatic N) is 3. The molecule has 0 aliphatic rings. The van der Waals surface area contributed by atoms with Crippen molar-refractivity contribution in [3.05, 3.63) is 70.9 Å². The van der Waals surface area contributed by atoms with Crippen molar-refractivity contribution in [3.8, 4) is 0 Å². The first-order valence-electron chi connectivity index (χ1n) is 6.61. The van der Waals surface area contributed by atoms with Crippen molar-refractivity contribution in [2.45, 2.75) is 6.42 Å². The molecule has 0 aliphatic heterocycles. The maximum absolute atomic E-state index is 12.2. The number of pyridine rings is 1. The highest BCUT2D eigenvalue weighted by Gasteiger charge is 2.17. The van der Waals surface area contributed by atoms with Gasteiger partial charge in [-0.2, -0.15) is 5.10 Å². The van der Waals surface area contributed by atoms with Gasteiger partial charge in [0.2, 0.25) is 11.0 Å². The van der Waals surface area contributed by atoms with E-state index in [-0.39, 0.29) is 22.4 Å². The molecule has 7 nitrogen and oxygen atoms in total. The smallest absolute Gasteiger partial charge is 0.215 e. The van der Waals surface area contributed by atoms with Crippen LogP contribution in [0.15, 0.2) is 47.4 Å². The molecule has 0 aromatic carbocycles. The lowest BCUT2D eigenvalue weighted by atomic mass is 10.1. The first kappa shape index (κ1) is 15.0. The Morgan fingerprint density at radius 3 is 2.87 bits per heavy atom. The van der Waals surface area contributed by atoms with E-state index in [4.69, 9.17) is 16.0 Å². The number of hydrogen-bond acceptors (Lipinski definition) is 6. The van der Waals surface area contributed by atoms with Gasteiger partial charge in [-0.3, -0.25) is 14.9 Å². The molecule has 0 spiro atoms. The van der Waals surface area contributed by atoms with Gasteiger partial charge in [-0.25, -0.2) is 4.98 Å². The number of furan rings is 1. The summed E-state index contributed by atoms with van der Waals surface area (Å²) in [6.45, 7) is 0. The maximum Gasteiger partial charge on any atom is 0.215 e. The average molecular weight is 331 g/mol. The number of carbonyl (C=O) groups excluding carboxylic acids is 1. The lowest BCUT2D eigenvalue weighted by molar-refractivity contribution is 0.104.